The molecule has 2 heterocycles. The first-order valence-corrected chi connectivity index (χ1v) is 4.66. The molecule has 0 unspecified atom stereocenters. The van der Waals surface area contributed by atoms with Gasteiger partial charge in [0.05, 0.1) is 0 Å². The van der Waals surface area contributed by atoms with Crippen molar-refractivity contribution in [2.75, 3.05) is 0 Å². The molecule has 14 heavy (non-hydrogen) atoms. The van der Waals surface area contributed by atoms with E-state index < -0.39 is 0 Å². The van der Waals surface area contributed by atoms with Crippen molar-refractivity contribution < 1.29 is 4.42 Å². The van der Waals surface area contributed by atoms with Crippen LogP contribution < -0.4 is 0 Å². The molecule has 3 heteroatoms. The number of hydrogen-bond donors (Lipinski definition) is 0. The van der Waals surface area contributed by atoms with Gasteiger partial charge in [0.2, 0.25) is 0 Å². The molecule has 2 nitrogen and oxygen atoms in total. The van der Waals surface area contributed by atoms with Gasteiger partial charge in [-0.25, -0.2) is 4.98 Å². The van der Waals surface area contributed by atoms with Crippen LogP contribution in [0.25, 0.3) is 22.1 Å². The van der Waals surface area contributed by atoms with Crippen LogP contribution in [0.5, 0.6) is 0 Å². The largest absolute Gasteiger partial charge is 0.454 e. The summed E-state index contributed by atoms with van der Waals surface area (Å²) in [7, 11) is 0. The smallest absolute Gasteiger partial charge is 0.153 e. The quantitative estimate of drug-likeness (QED) is 0.522. The summed E-state index contributed by atoms with van der Waals surface area (Å²) >= 11 is 5.82. The molecule has 0 aliphatic heterocycles. The fourth-order valence-electron chi connectivity index (χ4n) is 1.57. The molecule has 3 rings (SSSR count). The third kappa shape index (κ3) is 1.01. The van der Waals surface area contributed by atoms with E-state index in [-0.39, 0.29) is 0 Å². The summed E-state index contributed by atoms with van der Waals surface area (Å²) < 4.78 is 5.59. The van der Waals surface area contributed by atoms with Crippen molar-refractivity contribution >= 4 is 33.7 Å². The lowest BCUT2D eigenvalue weighted by Crippen LogP contribution is -1.74. The van der Waals surface area contributed by atoms with E-state index in [0.717, 1.165) is 22.1 Å². The van der Waals surface area contributed by atoms with Crippen molar-refractivity contribution in [1.82, 2.24) is 4.98 Å². The predicted molar refractivity (Wildman–Crippen MR) is 56.5 cm³/mol. The molecule has 0 saturated carbocycles. The monoisotopic (exact) mass is 203 g/mol. The molecule has 0 aliphatic rings. The highest BCUT2D eigenvalue weighted by atomic mass is 35.5. The number of para-hydroxylation sites is 1. The minimum Gasteiger partial charge on any atom is -0.454 e. The Bertz CT molecular complexity index is 615. The van der Waals surface area contributed by atoms with Crippen molar-refractivity contribution in [3.63, 3.8) is 0 Å². The van der Waals surface area contributed by atoms with Gasteiger partial charge in [0.15, 0.2) is 5.58 Å². The number of pyridine rings is 1. The molecule has 0 radical (unpaired) electrons. The van der Waals surface area contributed by atoms with E-state index in [1.165, 1.54) is 0 Å². The van der Waals surface area contributed by atoms with E-state index in [4.69, 9.17) is 16.0 Å². The summed E-state index contributed by atoms with van der Waals surface area (Å²) in [5.74, 6) is 0. The molecule has 0 fully saturated rings. The summed E-state index contributed by atoms with van der Waals surface area (Å²) in [5, 5.41) is 1.49. The molecule has 0 spiro atoms. The van der Waals surface area contributed by atoms with Gasteiger partial charge in [-0.15, -0.1) is 0 Å². The maximum absolute atomic E-state index is 5.82. The van der Waals surface area contributed by atoms with E-state index in [1.54, 1.807) is 6.07 Å². The number of halogens is 1. The first kappa shape index (κ1) is 7.83. The van der Waals surface area contributed by atoms with Gasteiger partial charge in [-0.05, 0) is 24.3 Å². The standard InChI is InChI=1S/C11H6ClNO/c12-10-6-5-9-11(13-10)7-3-1-2-4-8(7)14-9/h1-6H. The van der Waals surface area contributed by atoms with Crippen molar-refractivity contribution in [2.24, 2.45) is 0 Å². The Kier molecular flexibility index (Phi) is 1.52. The predicted octanol–water partition coefficient (Wildman–Crippen LogP) is 3.63. The van der Waals surface area contributed by atoms with Crippen LogP contribution in [0.15, 0.2) is 40.8 Å². The molecule has 0 saturated heterocycles. The van der Waals surface area contributed by atoms with Crippen LogP contribution in [-0.4, -0.2) is 4.98 Å². The van der Waals surface area contributed by atoms with Gasteiger partial charge in [0, 0.05) is 5.39 Å². The molecule has 0 bridgehead atoms. The third-order valence-electron chi connectivity index (χ3n) is 2.19. The summed E-state index contributed by atoms with van der Waals surface area (Å²) in [5.41, 5.74) is 2.45. The Balaban J connectivity index is 2.58. The second-order valence-corrected chi connectivity index (χ2v) is 3.47. The fraction of sp³-hybridized carbons (Fsp3) is 0. The van der Waals surface area contributed by atoms with Crippen LogP contribution >= 0.6 is 11.6 Å². The van der Waals surface area contributed by atoms with Crippen molar-refractivity contribution in [1.29, 1.82) is 0 Å². The zero-order chi connectivity index (χ0) is 9.54. The molecular weight excluding hydrogens is 198 g/mol. The summed E-state index contributed by atoms with van der Waals surface area (Å²) in [6, 6.07) is 11.4. The highest BCUT2D eigenvalue weighted by Gasteiger charge is 2.06. The molecule has 1 aromatic carbocycles. The molecule has 68 valence electrons. The minimum absolute atomic E-state index is 0.490. The van der Waals surface area contributed by atoms with Gasteiger partial charge in [-0.1, -0.05) is 23.7 Å². The third-order valence-corrected chi connectivity index (χ3v) is 2.40. The molecule has 0 amide bonds. The normalized spacial score (nSPS) is 11.2. The maximum Gasteiger partial charge on any atom is 0.153 e. The van der Waals surface area contributed by atoms with Gasteiger partial charge >= 0.3 is 0 Å². The zero-order valence-corrected chi connectivity index (χ0v) is 7.95. The first-order chi connectivity index (χ1) is 6.84. The van der Waals surface area contributed by atoms with Gasteiger partial charge < -0.3 is 4.42 Å². The molecule has 0 N–H and O–H groups in total. The summed E-state index contributed by atoms with van der Waals surface area (Å²) in [6.45, 7) is 0. The number of hydrogen-bond acceptors (Lipinski definition) is 2. The number of nitrogens with zero attached hydrogens (tertiary/aromatic N) is 1. The van der Waals surface area contributed by atoms with Gasteiger partial charge in [0.25, 0.3) is 0 Å². The Morgan fingerprint density at radius 1 is 1.00 bits per heavy atom. The maximum atomic E-state index is 5.82. The first-order valence-electron chi connectivity index (χ1n) is 4.28. The second kappa shape index (κ2) is 2.72. The lowest BCUT2D eigenvalue weighted by Gasteiger charge is -1.88. The highest BCUT2D eigenvalue weighted by molar-refractivity contribution is 6.30. The van der Waals surface area contributed by atoms with Crippen molar-refractivity contribution in [2.45, 2.75) is 0 Å². The average molecular weight is 204 g/mol. The minimum atomic E-state index is 0.490. The Morgan fingerprint density at radius 2 is 1.86 bits per heavy atom. The summed E-state index contributed by atoms with van der Waals surface area (Å²) in [6.07, 6.45) is 0. The van der Waals surface area contributed by atoms with Gasteiger partial charge in [-0.2, -0.15) is 0 Å². The highest BCUT2D eigenvalue weighted by Crippen LogP contribution is 2.27. The van der Waals surface area contributed by atoms with Crippen LogP contribution in [0.2, 0.25) is 5.15 Å². The van der Waals surface area contributed by atoms with Crippen LogP contribution in [0.1, 0.15) is 0 Å². The fourth-order valence-corrected chi connectivity index (χ4v) is 1.72. The van der Waals surface area contributed by atoms with Crippen LogP contribution in [0.3, 0.4) is 0 Å². The molecule has 0 aliphatic carbocycles. The number of benzene rings is 1. The number of rotatable bonds is 0. The molecule has 2 aromatic heterocycles. The molecule has 3 aromatic rings. The van der Waals surface area contributed by atoms with Crippen molar-refractivity contribution in [3.8, 4) is 0 Å². The van der Waals surface area contributed by atoms with Crippen LogP contribution in [-0.2, 0) is 0 Å². The SMILES string of the molecule is Clc1ccc2oc3ccccc3c2n1. The van der Waals surface area contributed by atoms with E-state index in [0.29, 0.717) is 5.15 Å². The van der Waals surface area contributed by atoms with E-state index in [1.807, 2.05) is 30.3 Å². The Hall–Kier alpha value is -1.54. The average Bonchev–Trinajstić information content (AvgIpc) is 2.56. The lowest BCUT2D eigenvalue weighted by atomic mass is 10.2. The van der Waals surface area contributed by atoms with Gasteiger partial charge in [-0.3, -0.25) is 0 Å². The second-order valence-electron chi connectivity index (χ2n) is 3.08. The van der Waals surface area contributed by atoms with Crippen LogP contribution in [0.4, 0.5) is 0 Å². The number of furan rings is 1. The number of fused-ring (bicyclic) bond motifs is 3. The van der Waals surface area contributed by atoms with Crippen LogP contribution in [0, 0.1) is 0 Å². The Labute approximate surface area is 85.1 Å². The van der Waals surface area contributed by atoms with E-state index in [2.05, 4.69) is 4.98 Å². The zero-order valence-electron chi connectivity index (χ0n) is 7.20. The molecule has 0 atom stereocenters. The van der Waals surface area contributed by atoms with E-state index in [9.17, 15) is 0 Å². The summed E-state index contributed by atoms with van der Waals surface area (Å²) in [4.78, 5) is 4.24. The van der Waals surface area contributed by atoms with E-state index >= 15 is 0 Å². The lowest BCUT2D eigenvalue weighted by molar-refractivity contribution is 0.668. The number of aromatic nitrogens is 1. The van der Waals surface area contributed by atoms with Crippen molar-refractivity contribution in [3.05, 3.63) is 41.6 Å². The Morgan fingerprint density at radius 3 is 2.79 bits per heavy atom. The topological polar surface area (TPSA) is 26.0 Å². The van der Waals surface area contributed by atoms with Gasteiger partial charge in [0.1, 0.15) is 16.3 Å². The molecular formula is C11H6ClNO.